The van der Waals surface area contributed by atoms with Crippen LogP contribution >= 0.6 is 35.0 Å². The van der Waals surface area contributed by atoms with Crippen molar-refractivity contribution >= 4 is 40.9 Å². The first kappa shape index (κ1) is 16.2. The highest BCUT2D eigenvalue weighted by molar-refractivity contribution is 8.00. The monoisotopic (exact) mass is 339 g/mol. The largest absolute Gasteiger partial charge is 0.349 e. The number of thioether (sulfide) groups is 1. The molecule has 2 nitrogen and oxygen atoms in total. The Morgan fingerprint density at radius 3 is 2.52 bits per heavy atom. The second-order valence-electron chi connectivity index (χ2n) is 4.56. The Labute approximate surface area is 138 Å². The number of benzene rings is 2. The molecule has 0 spiro atoms. The van der Waals surface area contributed by atoms with Gasteiger partial charge in [0.25, 0.3) is 0 Å². The third kappa shape index (κ3) is 4.95. The highest BCUT2D eigenvalue weighted by Crippen LogP contribution is 2.25. The fourth-order valence-corrected chi connectivity index (χ4v) is 2.85. The molecule has 2 aromatic rings. The number of nitrogens with one attached hydrogen (secondary N) is 1. The summed E-state index contributed by atoms with van der Waals surface area (Å²) in [5, 5.41) is 3.96. The van der Waals surface area contributed by atoms with Crippen LogP contribution in [0.4, 0.5) is 0 Å². The van der Waals surface area contributed by atoms with Crippen molar-refractivity contribution in [2.75, 3.05) is 5.75 Å². The molecule has 0 fully saturated rings. The number of carbonyl (C=O) groups excluding carboxylic acids is 1. The van der Waals surface area contributed by atoms with Crippen LogP contribution in [-0.2, 0) is 4.79 Å². The molecule has 0 aliphatic carbocycles. The molecule has 110 valence electrons. The van der Waals surface area contributed by atoms with Crippen molar-refractivity contribution < 1.29 is 4.79 Å². The van der Waals surface area contributed by atoms with Crippen LogP contribution in [-0.4, -0.2) is 11.7 Å². The van der Waals surface area contributed by atoms with Gasteiger partial charge in [-0.3, -0.25) is 4.79 Å². The Balaban J connectivity index is 1.88. The maximum atomic E-state index is 12.0. The van der Waals surface area contributed by atoms with Crippen molar-refractivity contribution in [3.8, 4) is 0 Å². The van der Waals surface area contributed by atoms with Crippen LogP contribution in [0.1, 0.15) is 18.5 Å². The second-order valence-corrected chi connectivity index (χ2v) is 6.43. The average molecular weight is 340 g/mol. The van der Waals surface area contributed by atoms with E-state index >= 15 is 0 Å². The van der Waals surface area contributed by atoms with E-state index in [-0.39, 0.29) is 11.9 Å². The zero-order valence-corrected chi connectivity index (χ0v) is 13.8. The molecular formula is C16H15Cl2NOS. The van der Waals surface area contributed by atoms with E-state index in [1.807, 2.05) is 43.3 Å². The van der Waals surface area contributed by atoms with E-state index in [1.54, 1.807) is 12.1 Å². The molecule has 5 heteroatoms. The average Bonchev–Trinajstić information content (AvgIpc) is 2.49. The van der Waals surface area contributed by atoms with Crippen LogP contribution in [0.5, 0.6) is 0 Å². The summed E-state index contributed by atoms with van der Waals surface area (Å²) in [5.41, 5.74) is 0.933. The minimum atomic E-state index is -0.108. The van der Waals surface area contributed by atoms with Gasteiger partial charge >= 0.3 is 0 Å². The first-order chi connectivity index (χ1) is 10.1. The lowest BCUT2D eigenvalue weighted by Gasteiger charge is -2.15. The molecule has 0 bridgehead atoms. The minimum absolute atomic E-state index is 0.0116. The first-order valence-electron chi connectivity index (χ1n) is 6.48. The molecule has 1 N–H and O–H groups in total. The predicted molar refractivity (Wildman–Crippen MR) is 90.2 cm³/mol. The molecule has 0 aromatic heterocycles. The summed E-state index contributed by atoms with van der Waals surface area (Å²) in [6.07, 6.45) is 0. The zero-order chi connectivity index (χ0) is 15.2. The molecule has 1 amide bonds. The SMILES string of the molecule is C[C@H](NC(=O)CSc1ccccc1)c1ccc(Cl)c(Cl)c1. The van der Waals surface area contributed by atoms with Crippen LogP contribution in [0.2, 0.25) is 10.0 Å². The van der Waals surface area contributed by atoms with Gasteiger partial charge in [-0.2, -0.15) is 0 Å². The van der Waals surface area contributed by atoms with Gasteiger partial charge in [0.15, 0.2) is 0 Å². The number of rotatable bonds is 5. The van der Waals surface area contributed by atoms with Crippen molar-refractivity contribution in [2.45, 2.75) is 17.9 Å². The van der Waals surface area contributed by atoms with E-state index < -0.39 is 0 Å². The van der Waals surface area contributed by atoms with E-state index in [0.29, 0.717) is 15.8 Å². The van der Waals surface area contributed by atoms with Gasteiger partial charge in [0.2, 0.25) is 5.91 Å². The predicted octanol–water partition coefficient (Wildman–Crippen LogP) is 4.96. The summed E-state index contributed by atoms with van der Waals surface area (Å²) in [5.74, 6) is 0.373. The smallest absolute Gasteiger partial charge is 0.230 e. The Hall–Kier alpha value is -1.16. The molecule has 2 aromatic carbocycles. The summed E-state index contributed by atoms with van der Waals surface area (Å²) < 4.78 is 0. The standard InChI is InChI=1S/C16H15Cl2NOS/c1-11(12-7-8-14(17)15(18)9-12)19-16(20)10-21-13-5-3-2-4-6-13/h2-9,11H,10H2,1H3,(H,19,20)/t11-/m0/s1. The number of hydrogen-bond acceptors (Lipinski definition) is 2. The van der Waals surface area contributed by atoms with Gasteiger partial charge in [0.05, 0.1) is 21.8 Å². The maximum absolute atomic E-state index is 12.0. The highest BCUT2D eigenvalue weighted by atomic mass is 35.5. The normalized spacial score (nSPS) is 12.0. The molecule has 0 radical (unpaired) electrons. The Kier molecular flexibility index (Phi) is 5.97. The van der Waals surface area contributed by atoms with Crippen molar-refractivity contribution in [1.82, 2.24) is 5.32 Å². The number of carbonyl (C=O) groups is 1. The summed E-state index contributed by atoms with van der Waals surface area (Å²) in [4.78, 5) is 13.0. The summed E-state index contributed by atoms with van der Waals surface area (Å²) >= 11 is 13.4. The van der Waals surface area contributed by atoms with E-state index in [0.717, 1.165) is 10.5 Å². The van der Waals surface area contributed by atoms with Crippen LogP contribution in [0.15, 0.2) is 53.4 Å². The van der Waals surface area contributed by atoms with Crippen LogP contribution in [0, 0.1) is 0 Å². The van der Waals surface area contributed by atoms with E-state index in [2.05, 4.69) is 5.32 Å². The van der Waals surface area contributed by atoms with Gasteiger partial charge in [-0.25, -0.2) is 0 Å². The van der Waals surface area contributed by atoms with Crippen molar-refractivity contribution in [3.05, 3.63) is 64.1 Å². The fourth-order valence-electron chi connectivity index (χ4n) is 1.81. The van der Waals surface area contributed by atoms with Crippen molar-refractivity contribution in [1.29, 1.82) is 0 Å². The maximum Gasteiger partial charge on any atom is 0.230 e. The van der Waals surface area contributed by atoms with Gasteiger partial charge in [-0.05, 0) is 36.8 Å². The number of halogens is 2. The van der Waals surface area contributed by atoms with E-state index in [4.69, 9.17) is 23.2 Å². The van der Waals surface area contributed by atoms with Gasteiger partial charge in [0.1, 0.15) is 0 Å². The Morgan fingerprint density at radius 2 is 1.86 bits per heavy atom. The molecule has 0 saturated carbocycles. The third-order valence-electron chi connectivity index (χ3n) is 2.93. The second kappa shape index (κ2) is 7.74. The van der Waals surface area contributed by atoms with Crippen LogP contribution < -0.4 is 5.32 Å². The molecule has 0 aliphatic rings. The number of hydrogen-bond donors (Lipinski definition) is 1. The molecular weight excluding hydrogens is 325 g/mol. The van der Waals surface area contributed by atoms with Crippen LogP contribution in [0.25, 0.3) is 0 Å². The highest BCUT2D eigenvalue weighted by Gasteiger charge is 2.11. The lowest BCUT2D eigenvalue weighted by atomic mass is 10.1. The zero-order valence-electron chi connectivity index (χ0n) is 11.5. The summed E-state index contributed by atoms with van der Waals surface area (Å²) in [6.45, 7) is 1.92. The van der Waals surface area contributed by atoms with Gasteiger partial charge < -0.3 is 5.32 Å². The lowest BCUT2D eigenvalue weighted by Crippen LogP contribution is -2.28. The molecule has 0 unspecified atom stereocenters. The summed E-state index contributed by atoms with van der Waals surface area (Å²) in [6, 6.07) is 15.1. The molecule has 0 saturated heterocycles. The molecule has 0 aliphatic heterocycles. The van der Waals surface area contributed by atoms with Gasteiger partial charge in [0, 0.05) is 4.90 Å². The Bertz CT molecular complexity index is 619. The quantitative estimate of drug-likeness (QED) is 0.779. The molecule has 0 heterocycles. The molecule has 2 rings (SSSR count). The van der Waals surface area contributed by atoms with Gasteiger partial charge in [-0.15, -0.1) is 11.8 Å². The minimum Gasteiger partial charge on any atom is -0.349 e. The van der Waals surface area contributed by atoms with Crippen molar-refractivity contribution in [2.24, 2.45) is 0 Å². The Morgan fingerprint density at radius 1 is 1.14 bits per heavy atom. The third-order valence-corrected chi connectivity index (χ3v) is 4.69. The molecule has 1 atom stereocenters. The lowest BCUT2D eigenvalue weighted by molar-refractivity contribution is -0.119. The van der Waals surface area contributed by atoms with E-state index in [9.17, 15) is 4.79 Å². The van der Waals surface area contributed by atoms with Crippen molar-refractivity contribution in [3.63, 3.8) is 0 Å². The molecule has 21 heavy (non-hydrogen) atoms. The van der Waals surface area contributed by atoms with Gasteiger partial charge in [-0.1, -0.05) is 47.5 Å². The van der Waals surface area contributed by atoms with Crippen LogP contribution in [0.3, 0.4) is 0 Å². The van der Waals surface area contributed by atoms with E-state index in [1.165, 1.54) is 11.8 Å². The fraction of sp³-hybridized carbons (Fsp3) is 0.188. The topological polar surface area (TPSA) is 29.1 Å². The summed E-state index contributed by atoms with van der Waals surface area (Å²) in [7, 11) is 0. The first-order valence-corrected chi connectivity index (χ1v) is 8.22. The number of amides is 1.